The highest BCUT2D eigenvalue weighted by molar-refractivity contribution is 6.05. The molecule has 0 spiro atoms. The van der Waals surface area contributed by atoms with Crippen LogP contribution in [0.2, 0.25) is 0 Å². The molecule has 1 fully saturated rings. The van der Waals surface area contributed by atoms with Crippen molar-refractivity contribution in [3.63, 3.8) is 0 Å². The molecule has 3 amide bonds. The first-order chi connectivity index (χ1) is 20.5. The average Bonchev–Trinajstić information content (AvgIpc) is 3.69. The van der Waals surface area contributed by atoms with Gasteiger partial charge in [-0.15, -0.1) is 0 Å². The lowest BCUT2D eigenvalue weighted by Gasteiger charge is -2.31. The fourth-order valence-electron chi connectivity index (χ4n) is 5.24. The number of methoxy groups -OCH3 is 2. The van der Waals surface area contributed by atoms with Crippen molar-refractivity contribution >= 4 is 17.6 Å². The van der Waals surface area contributed by atoms with Crippen molar-refractivity contribution in [2.45, 2.75) is 25.8 Å². The zero-order chi connectivity index (χ0) is 29.5. The first-order valence-corrected chi connectivity index (χ1v) is 14.3. The van der Waals surface area contributed by atoms with Gasteiger partial charge in [-0.25, -0.2) is 9.80 Å². The average molecular weight is 582 g/mol. The molecule has 0 aliphatic carbocycles. The summed E-state index contributed by atoms with van der Waals surface area (Å²) in [6.07, 6.45) is 1.25. The van der Waals surface area contributed by atoms with Crippen LogP contribution in [0.4, 0.5) is 4.79 Å². The van der Waals surface area contributed by atoms with Crippen LogP contribution in [0.15, 0.2) is 41.5 Å². The molecule has 12 heteroatoms. The van der Waals surface area contributed by atoms with Crippen molar-refractivity contribution in [1.82, 2.24) is 20.1 Å². The maximum atomic E-state index is 14.0. The van der Waals surface area contributed by atoms with Crippen molar-refractivity contribution in [2.75, 3.05) is 73.5 Å². The first-order valence-electron chi connectivity index (χ1n) is 14.3. The third-order valence-electron chi connectivity index (χ3n) is 7.60. The Labute approximate surface area is 246 Å². The van der Waals surface area contributed by atoms with Crippen LogP contribution in [0.3, 0.4) is 0 Å². The Morgan fingerprint density at radius 1 is 1.07 bits per heavy atom. The molecule has 0 unspecified atom stereocenters. The van der Waals surface area contributed by atoms with E-state index >= 15 is 0 Å². The second-order valence-corrected chi connectivity index (χ2v) is 10.3. The predicted molar refractivity (Wildman–Crippen MR) is 155 cm³/mol. The van der Waals surface area contributed by atoms with E-state index in [9.17, 15) is 9.59 Å². The molecule has 0 aromatic heterocycles. The van der Waals surface area contributed by atoms with Gasteiger partial charge in [0.25, 0.3) is 5.91 Å². The van der Waals surface area contributed by atoms with E-state index in [0.717, 1.165) is 30.6 Å². The van der Waals surface area contributed by atoms with Gasteiger partial charge in [0.2, 0.25) is 6.79 Å². The Bertz CT molecular complexity index is 1300. The van der Waals surface area contributed by atoms with Crippen molar-refractivity contribution in [2.24, 2.45) is 5.10 Å². The van der Waals surface area contributed by atoms with E-state index in [2.05, 4.69) is 10.2 Å². The van der Waals surface area contributed by atoms with Crippen molar-refractivity contribution < 1.29 is 33.3 Å². The van der Waals surface area contributed by atoms with Crippen molar-refractivity contribution in [3.05, 3.63) is 47.5 Å². The van der Waals surface area contributed by atoms with Crippen LogP contribution in [0, 0.1) is 0 Å². The Balaban J connectivity index is 1.42. The van der Waals surface area contributed by atoms with Crippen LogP contribution in [0.1, 0.15) is 36.9 Å². The Morgan fingerprint density at radius 3 is 2.64 bits per heavy atom. The summed E-state index contributed by atoms with van der Waals surface area (Å²) in [7, 11) is 3.19. The molecule has 42 heavy (non-hydrogen) atoms. The van der Waals surface area contributed by atoms with Crippen molar-refractivity contribution in [1.29, 1.82) is 0 Å². The molecule has 3 aliphatic rings. The minimum absolute atomic E-state index is 0.114. The van der Waals surface area contributed by atoms with Gasteiger partial charge in [-0.3, -0.25) is 9.69 Å². The Kier molecular flexibility index (Phi) is 9.65. The van der Waals surface area contributed by atoms with E-state index in [-0.39, 0.29) is 25.3 Å². The van der Waals surface area contributed by atoms with Gasteiger partial charge in [0, 0.05) is 50.8 Å². The summed E-state index contributed by atoms with van der Waals surface area (Å²) in [4.78, 5) is 30.9. The van der Waals surface area contributed by atoms with Gasteiger partial charge in [-0.05, 0) is 36.2 Å². The molecule has 0 bridgehead atoms. The normalized spacial score (nSPS) is 18.0. The van der Waals surface area contributed by atoms with Gasteiger partial charge in [-0.2, -0.15) is 5.10 Å². The molecule has 3 heterocycles. The van der Waals surface area contributed by atoms with Crippen LogP contribution in [0.25, 0.3) is 0 Å². The third-order valence-corrected chi connectivity index (χ3v) is 7.60. The van der Waals surface area contributed by atoms with E-state index in [1.54, 1.807) is 25.2 Å². The molecule has 0 saturated carbocycles. The maximum Gasteiger partial charge on any atom is 0.317 e. The number of hydrogen-bond acceptors (Lipinski definition) is 9. The van der Waals surface area contributed by atoms with Gasteiger partial charge in [0.05, 0.1) is 39.2 Å². The van der Waals surface area contributed by atoms with Gasteiger partial charge in [-0.1, -0.05) is 13.0 Å². The van der Waals surface area contributed by atoms with Gasteiger partial charge < -0.3 is 33.9 Å². The third kappa shape index (κ3) is 6.71. The van der Waals surface area contributed by atoms with Gasteiger partial charge in [0.1, 0.15) is 18.0 Å². The van der Waals surface area contributed by atoms with Crippen LogP contribution in [-0.4, -0.2) is 106 Å². The minimum Gasteiger partial charge on any atom is -0.497 e. The summed E-state index contributed by atoms with van der Waals surface area (Å²) in [5.74, 6) is 2.26. The summed E-state index contributed by atoms with van der Waals surface area (Å²) in [6, 6.07) is 10.5. The lowest BCUT2D eigenvalue weighted by atomic mass is 9.97. The summed E-state index contributed by atoms with van der Waals surface area (Å²) >= 11 is 0. The molecular weight excluding hydrogens is 542 g/mol. The largest absolute Gasteiger partial charge is 0.497 e. The number of fused-ring (bicyclic) bond motifs is 1. The molecule has 5 rings (SSSR count). The number of rotatable bonds is 11. The number of nitrogens with one attached hydrogen (secondary N) is 1. The topological polar surface area (TPSA) is 114 Å². The van der Waals surface area contributed by atoms with Gasteiger partial charge >= 0.3 is 6.03 Å². The lowest BCUT2D eigenvalue weighted by Crippen LogP contribution is -2.49. The second-order valence-electron chi connectivity index (χ2n) is 10.3. The summed E-state index contributed by atoms with van der Waals surface area (Å²) < 4.78 is 27.6. The highest BCUT2D eigenvalue weighted by Gasteiger charge is 2.36. The number of nitrogens with zero attached hydrogens (tertiary/aromatic N) is 4. The molecule has 3 aliphatic heterocycles. The lowest BCUT2D eigenvalue weighted by molar-refractivity contribution is -0.133. The number of carbonyl (C=O) groups excluding carboxylic acids is 2. The number of morpholine rings is 1. The van der Waals surface area contributed by atoms with E-state index in [0.29, 0.717) is 68.0 Å². The maximum absolute atomic E-state index is 14.0. The summed E-state index contributed by atoms with van der Waals surface area (Å²) in [6.45, 7) is 6.56. The summed E-state index contributed by atoms with van der Waals surface area (Å²) in [5, 5.41) is 9.24. The van der Waals surface area contributed by atoms with Crippen LogP contribution in [0.5, 0.6) is 23.0 Å². The fourth-order valence-corrected chi connectivity index (χ4v) is 5.24. The van der Waals surface area contributed by atoms with E-state index in [1.165, 1.54) is 5.01 Å². The molecule has 0 radical (unpaired) electrons. The number of hydrazone groups is 1. The van der Waals surface area contributed by atoms with E-state index in [1.807, 2.05) is 37.3 Å². The molecule has 2 aromatic carbocycles. The number of urea groups is 1. The number of carbonyl (C=O) groups is 2. The predicted octanol–water partition coefficient (Wildman–Crippen LogP) is 2.86. The van der Waals surface area contributed by atoms with E-state index < -0.39 is 6.04 Å². The second kappa shape index (κ2) is 13.8. The molecule has 2 aromatic rings. The number of ether oxygens (including phenoxy) is 5. The molecular formula is C30H39N5O7. The number of amides is 3. The van der Waals surface area contributed by atoms with Crippen molar-refractivity contribution in [3.8, 4) is 23.0 Å². The van der Waals surface area contributed by atoms with E-state index in [4.69, 9.17) is 28.8 Å². The first kappa shape index (κ1) is 29.5. The summed E-state index contributed by atoms with van der Waals surface area (Å²) in [5.41, 5.74) is 2.32. The molecule has 1 atom stereocenters. The van der Waals surface area contributed by atoms with Gasteiger partial charge in [0.15, 0.2) is 11.5 Å². The number of benzene rings is 2. The Hall–Kier alpha value is -4.03. The zero-order valence-corrected chi connectivity index (χ0v) is 24.5. The smallest absolute Gasteiger partial charge is 0.317 e. The molecule has 12 nitrogen and oxygen atoms in total. The highest BCUT2D eigenvalue weighted by Crippen LogP contribution is 2.40. The Morgan fingerprint density at radius 2 is 1.88 bits per heavy atom. The molecule has 1 saturated heterocycles. The highest BCUT2D eigenvalue weighted by atomic mass is 16.7. The van der Waals surface area contributed by atoms with Crippen LogP contribution in [-0.2, 0) is 9.53 Å². The standard InChI is InChI=1S/C30H39N5O7/c1-4-9-31-30(37)34(11-10-33-12-14-40-15-13-33)19-29(36)35-25(21-5-8-26-28(16-21)42-20-41-26)18-24(32-35)23-7-6-22(38-2)17-27(23)39-3/h5-8,16-17,25H,4,9-15,18-20H2,1-3H3,(H,31,37)/t25-/m0/s1. The van der Waals surface area contributed by atoms with Crippen LogP contribution < -0.4 is 24.3 Å². The SMILES string of the molecule is CCCNC(=O)N(CCN1CCOCC1)CC(=O)N1N=C(c2ccc(OC)cc2OC)C[C@H]1c1ccc2c(c1)OCO2. The molecule has 226 valence electrons. The molecule has 1 N–H and O–H groups in total. The monoisotopic (exact) mass is 581 g/mol. The number of hydrogen-bond donors (Lipinski definition) is 1. The minimum atomic E-state index is -0.409. The zero-order valence-electron chi connectivity index (χ0n) is 24.5. The fraction of sp³-hybridized carbons (Fsp3) is 0.500. The van der Waals surface area contributed by atoms with Crippen LogP contribution >= 0.6 is 0 Å². The quantitative estimate of drug-likeness (QED) is 0.431.